The summed E-state index contributed by atoms with van der Waals surface area (Å²) in [5, 5.41) is 12.4. The molecule has 1 N–H and O–H groups in total. The minimum atomic E-state index is -0.163. The van der Waals surface area contributed by atoms with Crippen LogP contribution in [0.4, 0.5) is 0 Å². The van der Waals surface area contributed by atoms with Crippen LogP contribution in [0.2, 0.25) is 0 Å². The maximum Gasteiger partial charge on any atom is 0.231 e. The molecule has 0 amide bonds. The van der Waals surface area contributed by atoms with E-state index in [-0.39, 0.29) is 17.3 Å². The van der Waals surface area contributed by atoms with Crippen LogP contribution >= 0.6 is 15.9 Å². The zero-order valence-corrected chi connectivity index (χ0v) is 15.3. The van der Waals surface area contributed by atoms with Crippen molar-refractivity contribution in [3.8, 4) is 11.5 Å². The summed E-state index contributed by atoms with van der Waals surface area (Å²) in [7, 11) is 0. The summed E-state index contributed by atoms with van der Waals surface area (Å²) in [5.74, 6) is 0.511. The normalized spacial score (nSPS) is 18.6. The molecule has 0 atom stereocenters. The van der Waals surface area contributed by atoms with Crippen molar-refractivity contribution in [3.05, 3.63) is 63.3 Å². The molecule has 1 saturated heterocycles. The zero-order valence-electron chi connectivity index (χ0n) is 13.7. The van der Waals surface area contributed by atoms with Gasteiger partial charge in [0.25, 0.3) is 0 Å². The largest absolute Gasteiger partial charge is 0.872 e. The lowest BCUT2D eigenvalue weighted by molar-refractivity contribution is -0.901. The van der Waals surface area contributed by atoms with Crippen molar-refractivity contribution < 1.29 is 19.5 Å². The lowest BCUT2D eigenvalue weighted by atomic mass is 10.0. The molecule has 2 aliphatic heterocycles. The third-order valence-corrected chi connectivity index (χ3v) is 5.55. The van der Waals surface area contributed by atoms with Crippen molar-refractivity contribution in [2.24, 2.45) is 0 Å². The van der Waals surface area contributed by atoms with Crippen LogP contribution in [-0.2, 0) is 6.54 Å². The van der Waals surface area contributed by atoms with Crippen molar-refractivity contribution in [2.45, 2.75) is 19.4 Å². The fraction of sp³-hybridized carbons (Fsp3) is 0.250. The second-order valence-corrected chi connectivity index (χ2v) is 7.37. The summed E-state index contributed by atoms with van der Waals surface area (Å²) in [6, 6.07) is 10.7. The van der Waals surface area contributed by atoms with Crippen LogP contribution in [0.1, 0.15) is 34.3 Å². The highest BCUT2D eigenvalue weighted by Crippen LogP contribution is 2.38. The second kappa shape index (κ2) is 6.65. The summed E-state index contributed by atoms with van der Waals surface area (Å²) in [4.78, 5) is 14.1. The van der Waals surface area contributed by atoms with Gasteiger partial charge in [0.2, 0.25) is 5.78 Å². The van der Waals surface area contributed by atoms with Crippen molar-refractivity contribution in [1.82, 2.24) is 0 Å². The van der Waals surface area contributed by atoms with Crippen LogP contribution in [0.25, 0.3) is 6.08 Å². The maximum atomic E-state index is 12.7. The second-order valence-electron chi connectivity index (χ2n) is 6.51. The predicted molar refractivity (Wildman–Crippen MR) is 96.6 cm³/mol. The quantitative estimate of drug-likeness (QED) is 0.805. The van der Waals surface area contributed by atoms with Gasteiger partial charge < -0.3 is 14.7 Å². The minimum Gasteiger partial charge on any atom is -0.872 e. The van der Waals surface area contributed by atoms with Crippen LogP contribution in [-0.4, -0.2) is 18.9 Å². The molecule has 2 heterocycles. The first-order chi connectivity index (χ1) is 12.1. The molecule has 0 spiro atoms. The van der Waals surface area contributed by atoms with E-state index in [2.05, 4.69) is 15.9 Å². The molecule has 0 unspecified atom stereocenters. The lowest BCUT2D eigenvalue weighted by Gasteiger charge is -2.19. The van der Waals surface area contributed by atoms with Gasteiger partial charge in [-0.1, -0.05) is 45.9 Å². The highest BCUT2D eigenvalue weighted by molar-refractivity contribution is 9.10. The number of rotatable bonds is 3. The molecule has 0 aromatic heterocycles. The molecule has 128 valence electrons. The fourth-order valence-corrected chi connectivity index (χ4v) is 3.89. The predicted octanol–water partition coefficient (Wildman–Crippen LogP) is 2.32. The Morgan fingerprint density at radius 2 is 1.92 bits per heavy atom. The first-order valence-corrected chi connectivity index (χ1v) is 9.28. The molecule has 2 aliphatic rings. The molecule has 4 nitrogen and oxygen atoms in total. The van der Waals surface area contributed by atoms with E-state index in [9.17, 15) is 9.90 Å². The summed E-state index contributed by atoms with van der Waals surface area (Å²) >= 11 is 3.48. The molecule has 2 aromatic rings. The van der Waals surface area contributed by atoms with E-state index in [1.807, 2.05) is 24.3 Å². The number of hydrogen-bond donors (Lipinski definition) is 1. The number of fused-ring (bicyclic) bond motifs is 1. The van der Waals surface area contributed by atoms with E-state index in [4.69, 9.17) is 4.74 Å². The molecule has 0 radical (unpaired) electrons. The van der Waals surface area contributed by atoms with E-state index in [0.717, 1.165) is 23.1 Å². The van der Waals surface area contributed by atoms with Crippen molar-refractivity contribution in [3.63, 3.8) is 0 Å². The van der Waals surface area contributed by atoms with Crippen molar-refractivity contribution in [2.75, 3.05) is 13.1 Å². The number of hydrogen-bond acceptors (Lipinski definition) is 3. The molecule has 25 heavy (non-hydrogen) atoms. The van der Waals surface area contributed by atoms with Crippen molar-refractivity contribution in [1.29, 1.82) is 0 Å². The van der Waals surface area contributed by atoms with Gasteiger partial charge in [0.05, 0.1) is 18.7 Å². The van der Waals surface area contributed by atoms with Gasteiger partial charge in [-0.25, -0.2) is 0 Å². The average Bonchev–Trinajstić information content (AvgIpc) is 3.21. The molecule has 0 bridgehead atoms. The Morgan fingerprint density at radius 1 is 1.16 bits per heavy atom. The van der Waals surface area contributed by atoms with Gasteiger partial charge >= 0.3 is 0 Å². The molecular weight excluding hydrogens is 382 g/mol. The third kappa shape index (κ3) is 3.10. The van der Waals surface area contributed by atoms with Crippen LogP contribution in [0, 0.1) is 0 Å². The third-order valence-electron chi connectivity index (χ3n) is 4.83. The van der Waals surface area contributed by atoms with Gasteiger partial charge in [-0.05, 0) is 23.8 Å². The van der Waals surface area contributed by atoms with Crippen LogP contribution in [0.3, 0.4) is 0 Å². The molecule has 0 aliphatic carbocycles. The molecule has 4 rings (SSSR count). The van der Waals surface area contributed by atoms with Crippen LogP contribution < -0.4 is 14.7 Å². The van der Waals surface area contributed by atoms with E-state index in [1.54, 1.807) is 12.1 Å². The van der Waals surface area contributed by atoms with Gasteiger partial charge in [0.15, 0.2) is 5.76 Å². The summed E-state index contributed by atoms with van der Waals surface area (Å²) in [6.07, 6.45) is 4.10. The van der Waals surface area contributed by atoms with E-state index in [1.165, 1.54) is 23.8 Å². The average molecular weight is 400 g/mol. The van der Waals surface area contributed by atoms with Gasteiger partial charge in [-0.15, -0.1) is 0 Å². The summed E-state index contributed by atoms with van der Waals surface area (Å²) < 4.78 is 6.77. The lowest BCUT2D eigenvalue weighted by Crippen LogP contribution is -3.08. The topological polar surface area (TPSA) is 53.8 Å². The number of carbonyl (C=O) groups excluding carboxylic acids is 1. The molecule has 0 saturated carbocycles. The number of carbonyl (C=O) groups is 1. The fourth-order valence-electron chi connectivity index (χ4n) is 3.49. The highest BCUT2D eigenvalue weighted by Gasteiger charge is 2.31. The van der Waals surface area contributed by atoms with E-state index >= 15 is 0 Å². The highest BCUT2D eigenvalue weighted by atomic mass is 79.9. The van der Waals surface area contributed by atoms with Gasteiger partial charge in [0, 0.05) is 22.9 Å². The number of halogens is 1. The summed E-state index contributed by atoms with van der Waals surface area (Å²) in [5.41, 5.74) is 1.98. The number of ketones is 1. The van der Waals surface area contributed by atoms with E-state index in [0.29, 0.717) is 23.4 Å². The van der Waals surface area contributed by atoms with Crippen LogP contribution in [0.5, 0.6) is 11.5 Å². The zero-order chi connectivity index (χ0) is 17.4. The van der Waals surface area contributed by atoms with Gasteiger partial charge in [0.1, 0.15) is 12.3 Å². The molecule has 2 aromatic carbocycles. The number of benzene rings is 2. The van der Waals surface area contributed by atoms with Crippen LogP contribution in [0.15, 0.2) is 46.6 Å². The Kier molecular flexibility index (Phi) is 4.36. The Balaban J connectivity index is 1.70. The Hall–Kier alpha value is -2.11. The number of likely N-dealkylation sites (tertiary alicyclic amines) is 1. The molecular formula is C20H18BrNO3. The first kappa shape index (κ1) is 16.4. The standard InChI is InChI=1S/C20H18BrNO3/c21-16-6-2-1-5-13(16)11-18-19(24)14-7-8-17(23)15(20(14)25-18)12-22-9-3-4-10-22/h1-2,5-8,11,23H,3-4,9-10,12H2/b18-11-. The minimum absolute atomic E-state index is 0.0481. The first-order valence-electron chi connectivity index (χ1n) is 8.49. The van der Waals surface area contributed by atoms with Crippen molar-refractivity contribution >= 4 is 27.8 Å². The smallest absolute Gasteiger partial charge is 0.231 e. The van der Waals surface area contributed by atoms with E-state index < -0.39 is 0 Å². The van der Waals surface area contributed by atoms with Gasteiger partial charge in [-0.2, -0.15) is 0 Å². The molecule has 5 heteroatoms. The number of Topliss-reactive ketones (excluding diaryl/α,β-unsaturated/α-hetero) is 1. The van der Waals surface area contributed by atoms with Gasteiger partial charge in [-0.3, -0.25) is 4.79 Å². The molecule has 1 fully saturated rings. The summed E-state index contributed by atoms with van der Waals surface area (Å²) in [6.45, 7) is 2.75. The number of quaternary nitrogens is 1. The monoisotopic (exact) mass is 399 g/mol. The Bertz CT molecular complexity index is 869. The number of allylic oxidation sites excluding steroid dienone is 1. The Morgan fingerprint density at radius 3 is 2.68 bits per heavy atom. The number of ether oxygens (including phenoxy) is 1. The maximum absolute atomic E-state index is 12.7. The number of nitrogens with one attached hydrogen (secondary N) is 1. The SMILES string of the molecule is O=C1/C(=C/c2ccccc2Br)Oc2c1ccc([O-])c2C[NH+]1CCCC1. The Labute approximate surface area is 154 Å².